The average molecular weight is 317 g/mol. The van der Waals surface area contributed by atoms with Gasteiger partial charge in [-0.15, -0.1) is 0 Å². The number of ether oxygens (including phenoxy) is 2. The van der Waals surface area contributed by atoms with Crippen LogP contribution < -0.4 is 4.74 Å². The second-order valence-electron chi connectivity index (χ2n) is 6.01. The molecule has 2 aromatic rings. The van der Waals surface area contributed by atoms with Crippen LogP contribution in [0.15, 0.2) is 36.5 Å². The molecular formula is C17H19NO5. The number of aromatic nitrogens is 1. The maximum Gasteiger partial charge on any atom is 0.339 e. The van der Waals surface area contributed by atoms with Crippen molar-refractivity contribution in [2.24, 2.45) is 0 Å². The SMILES string of the molecule is CC(C)(C)OC(=O)c1cc(COc2ccc[nH]2)ccc1C(=O)O. The Hall–Kier alpha value is -2.76. The van der Waals surface area contributed by atoms with Crippen LogP contribution in [0.2, 0.25) is 0 Å². The molecule has 0 atom stereocenters. The van der Waals surface area contributed by atoms with E-state index in [-0.39, 0.29) is 17.7 Å². The number of rotatable bonds is 5. The predicted molar refractivity (Wildman–Crippen MR) is 83.7 cm³/mol. The van der Waals surface area contributed by atoms with Crippen LogP contribution in [0.3, 0.4) is 0 Å². The number of carboxylic acid groups (broad SMARTS) is 1. The number of carbonyl (C=O) groups excluding carboxylic acids is 1. The van der Waals surface area contributed by atoms with Crippen LogP contribution in [0, 0.1) is 0 Å². The molecule has 0 aliphatic rings. The maximum absolute atomic E-state index is 12.2. The lowest BCUT2D eigenvalue weighted by molar-refractivity contribution is 0.00656. The van der Waals surface area contributed by atoms with Gasteiger partial charge in [-0.1, -0.05) is 6.07 Å². The molecule has 2 N–H and O–H groups in total. The smallest absolute Gasteiger partial charge is 0.339 e. The Balaban J connectivity index is 2.24. The van der Waals surface area contributed by atoms with E-state index in [1.807, 2.05) is 0 Å². The summed E-state index contributed by atoms with van der Waals surface area (Å²) >= 11 is 0. The fraction of sp³-hybridized carbons (Fsp3) is 0.294. The molecule has 1 aromatic heterocycles. The highest BCUT2D eigenvalue weighted by atomic mass is 16.6. The minimum Gasteiger partial charge on any atom is -0.478 e. The summed E-state index contributed by atoms with van der Waals surface area (Å²) in [5, 5.41) is 9.24. The number of hydrogen-bond acceptors (Lipinski definition) is 4. The van der Waals surface area contributed by atoms with E-state index in [2.05, 4.69) is 4.98 Å². The molecule has 6 heteroatoms. The van der Waals surface area contributed by atoms with Crippen molar-refractivity contribution >= 4 is 11.9 Å². The summed E-state index contributed by atoms with van der Waals surface area (Å²) in [6, 6.07) is 8.05. The van der Waals surface area contributed by atoms with Crippen molar-refractivity contribution in [3.8, 4) is 5.88 Å². The van der Waals surface area contributed by atoms with Gasteiger partial charge in [0.25, 0.3) is 0 Å². The first-order valence-corrected chi connectivity index (χ1v) is 7.12. The van der Waals surface area contributed by atoms with Gasteiger partial charge in [0.05, 0.1) is 11.1 Å². The molecule has 0 bridgehead atoms. The van der Waals surface area contributed by atoms with E-state index < -0.39 is 17.5 Å². The number of aromatic amines is 1. The molecule has 0 saturated carbocycles. The summed E-state index contributed by atoms with van der Waals surface area (Å²) in [5.74, 6) is -1.26. The largest absolute Gasteiger partial charge is 0.478 e. The lowest BCUT2D eigenvalue weighted by atomic mass is 10.0. The van der Waals surface area contributed by atoms with Crippen molar-refractivity contribution < 1.29 is 24.2 Å². The number of nitrogens with one attached hydrogen (secondary N) is 1. The van der Waals surface area contributed by atoms with Crippen LogP contribution >= 0.6 is 0 Å². The van der Waals surface area contributed by atoms with Gasteiger partial charge in [-0.3, -0.25) is 0 Å². The maximum atomic E-state index is 12.2. The second kappa shape index (κ2) is 6.56. The lowest BCUT2D eigenvalue weighted by Gasteiger charge is -2.20. The van der Waals surface area contributed by atoms with Crippen molar-refractivity contribution in [3.05, 3.63) is 53.2 Å². The highest BCUT2D eigenvalue weighted by Crippen LogP contribution is 2.19. The minimum absolute atomic E-state index is 0.0139. The fourth-order valence-electron chi connectivity index (χ4n) is 1.93. The van der Waals surface area contributed by atoms with Crippen LogP contribution in [-0.4, -0.2) is 27.6 Å². The topological polar surface area (TPSA) is 88.6 Å². The molecule has 0 amide bonds. The van der Waals surface area contributed by atoms with Gasteiger partial charge < -0.3 is 19.6 Å². The number of carboxylic acids is 1. The zero-order valence-electron chi connectivity index (χ0n) is 13.3. The van der Waals surface area contributed by atoms with Gasteiger partial charge in [0, 0.05) is 6.20 Å². The van der Waals surface area contributed by atoms with Crippen LogP contribution in [-0.2, 0) is 11.3 Å². The van der Waals surface area contributed by atoms with Gasteiger partial charge >= 0.3 is 11.9 Å². The standard InChI is InChI=1S/C17H19NO5/c1-17(2,3)23-16(21)13-9-11(6-7-12(13)15(19)20)10-22-14-5-4-8-18-14/h4-9,18H,10H2,1-3H3,(H,19,20). The Morgan fingerprint density at radius 1 is 1.17 bits per heavy atom. The van der Waals surface area contributed by atoms with Crippen LogP contribution in [0.25, 0.3) is 0 Å². The lowest BCUT2D eigenvalue weighted by Crippen LogP contribution is -2.25. The number of benzene rings is 1. The number of hydrogen-bond donors (Lipinski definition) is 2. The van der Waals surface area contributed by atoms with Gasteiger partial charge in [-0.2, -0.15) is 0 Å². The van der Waals surface area contributed by atoms with Crippen LogP contribution in [0.4, 0.5) is 0 Å². The highest BCUT2D eigenvalue weighted by Gasteiger charge is 2.23. The van der Waals surface area contributed by atoms with Gasteiger partial charge in [0.1, 0.15) is 12.2 Å². The Labute approximate surface area is 134 Å². The summed E-state index contributed by atoms with van der Waals surface area (Å²) < 4.78 is 10.8. The highest BCUT2D eigenvalue weighted by molar-refractivity contribution is 6.02. The molecular weight excluding hydrogens is 298 g/mol. The Bertz CT molecular complexity index is 698. The van der Waals surface area contributed by atoms with Crippen LogP contribution in [0.5, 0.6) is 5.88 Å². The molecule has 0 aliphatic carbocycles. The molecule has 0 saturated heterocycles. The molecule has 0 unspecified atom stereocenters. The van der Waals surface area contributed by atoms with Crippen molar-refractivity contribution in [2.75, 3.05) is 0 Å². The summed E-state index contributed by atoms with van der Waals surface area (Å²) in [6.45, 7) is 5.38. The number of H-pyrrole nitrogens is 1. The Kier molecular flexibility index (Phi) is 4.74. The second-order valence-corrected chi connectivity index (χ2v) is 6.01. The van der Waals surface area contributed by atoms with E-state index >= 15 is 0 Å². The molecule has 122 valence electrons. The zero-order chi connectivity index (χ0) is 17.0. The van der Waals surface area contributed by atoms with E-state index in [4.69, 9.17) is 9.47 Å². The molecule has 2 rings (SSSR count). The van der Waals surface area contributed by atoms with Gasteiger partial charge in [-0.25, -0.2) is 9.59 Å². The molecule has 23 heavy (non-hydrogen) atoms. The first-order chi connectivity index (χ1) is 10.8. The molecule has 0 aliphatic heterocycles. The van der Waals surface area contributed by atoms with E-state index in [0.717, 1.165) is 0 Å². The first kappa shape index (κ1) is 16.6. The molecule has 1 aromatic carbocycles. The van der Waals surface area contributed by atoms with Crippen molar-refractivity contribution in [1.82, 2.24) is 4.98 Å². The third-order valence-electron chi connectivity index (χ3n) is 2.90. The summed E-state index contributed by atoms with van der Waals surface area (Å²) in [5.41, 5.74) is -0.114. The third kappa shape index (κ3) is 4.60. The number of carbonyl (C=O) groups is 2. The van der Waals surface area contributed by atoms with Gasteiger partial charge in [0.2, 0.25) is 0 Å². The first-order valence-electron chi connectivity index (χ1n) is 7.12. The Morgan fingerprint density at radius 2 is 1.91 bits per heavy atom. The number of esters is 1. The van der Waals surface area contributed by atoms with E-state index in [0.29, 0.717) is 11.4 Å². The normalized spacial score (nSPS) is 11.1. The van der Waals surface area contributed by atoms with E-state index in [1.54, 1.807) is 45.2 Å². The molecule has 0 radical (unpaired) electrons. The predicted octanol–water partition coefficient (Wildman–Crippen LogP) is 3.25. The summed E-state index contributed by atoms with van der Waals surface area (Å²) in [7, 11) is 0. The average Bonchev–Trinajstić information content (AvgIpc) is 2.96. The fourth-order valence-corrected chi connectivity index (χ4v) is 1.93. The number of aromatic carboxylic acids is 1. The minimum atomic E-state index is -1.18. The molecule has 0 spiro atoms. The quantitative estimate of drug-likeness (QED) is 0.826. The zero-order valence-corrected chi connectivity index (χ0v) is 13.3. The van der Waals surface area contributed by atoms with Crippen molar-refractivity contribution in [2.45, 2.75) is 33.0 Å². The van der Waals surface area contributed by atoms with Crippen LogP contribution in [0.1, 0.15) is 47.1 Å². The molecule has 6 nitrogen and oxygen atoms in total. The van der Waals surface area contributed by atoms with Crippen molar-refractivity contribution in [3.63, 3.8) is 0 Å². The summed E-state index contributed by atoms with van der Waals surface area (Å²) in [4.78, 5) is 26.4. The molecule has 1 heterocycles. The van der Waals surface area contributed by atoms with E-state index in [1.165, 1.54) is 12.1 Å². The van der Waals surface area contributed by atoms with Crippen molar-refractivity contribution in [1.29, 1.82) is 0 Å². The van der Waals surface area contributed by atoms with Gasteiger partial charge in [-0.05, 0) is 50.6 Å². The monoisotopic (exact) mass is 317 g/mol. The Morgan fingerprint density at radius 3 is 2.48 bits per heavy atom. The third-order valence-corrected chi connectivity index (χ3v) is 2.90. The van der Waals surface area contributed by atoms with E-state index in [9.17, 15) is 14.7 Å². The molecule has 0 fully saturated rings. The summed E-state index contributed by atoms with van der Waals surface area (Å²) in [6.07, 6.45) is 1.73. The van der Waals surface area contributed by atoms with Gasteiger partial charge in [0.15, 0.2) is 5.88 Å².